The van der Waals surface area contributed by atoms with Crippen LogP contribution in [0.3, 0.4) is 0 Å². The molecule has 0 bridgehead atoms. The number of hydrogen-bond acceptors (Lipinski definition) is 3. The number of nitrogens with one attached hydrogen (secondary N) is 1. The fourth-order valence-electron chi connectivity index (χ4n) is 2.55. The van der Waals surface area contributed by atoms with Crippen molar-refractivity contribution < 1.29 is 4.79 Å². The van der Waals surface area contributed by atoms with Crippen LogP contribution in [0.2, 0.25) is 0 Å². The van der Waals surface area contributed by atoms with Crippen LogP contribution in [0.4, 0.5) is 0 Å². The van der Waals surface area contributed by atoms with Gasteiger partial charge in [-0.15, -0.1) is 5.10 Å². The molecule has 3 rings (SSSR count). The first-order valence-electron chi connectivity index (χ1n) is 7.03. The molecule has 5 heteroatoms. The average Bonchev–Trinajstić information content (AvgIpc) is 3.11. The van der Waals surface area contributed by atoms with Crippen LogP contribution < -0.4 is 5.32 Å². The summed E-state index contributed by atoms with van der Waals surface area (Å²) in [6.07, 6.45) is 10.4. The zero-order valence-electron chi connectivity index (χ0n) is 10.6. The largest absolute Gasteiger partial charge is 0.350 e. The molecular formula is C13H20N4O. The Morgan fingerprint density at radius 3 is 2.78 bits per heavy atom. The van der Waals surface area contributed by atoms with Crippen molar-refractivity contribution in [2.24, 2.45) is 5.92 Å². The van der Waals surface area contributed by atoms with Crippen LogP contribution in [0, 0.1) is 5.92 Å². The van der Waals surface area contributed by atoms with Crippen molar-refractivity contribution in [3.63, 3.8) is 0 Å². The molecule has 0 aliphatic heterocycles. The lowest BCUT2D eigenvalue weighted by Gasteiger charge is -2.20. The second-order valence-corrected chi connectivity index (χ2v) is 5.53. The van der Waals surface area contributed by atoms with Crippen molar-refractivity contribution in [1.82, 2.24) is 20.3 Å². The molecule has 0 saturated heterocycles. The molecule has 5 nitrogen and oxygen atoms in total. The summed E-state index contributed by atoms with van der Waals surface area (Å²) in [4.78, 5) is 11.8. The number of aromatic nitrogens is 3. The van der Waals surface area contributed by atoms with Crippen LogP contribution in [0.1, 0.15) is 61.5 Å². The molecule has 2 fully saturated rings. The summed E-state index contributed by atoms with van der Waals surface area (Å²) in [7, 11) is 0. The zero-order chi connectivity index (χ0) is 12.4. The van der Waals surface area contributed by atoms with E-state index in [4.69, 9.17) is 0 Å². The molecule has 0 atom stereocenters. The Kier molecular flexibility index (Phi) is 3.30. The molecule has 0 spiro atoms. The van der Waals surface area contributed by atoms with Gasteiger partial charge in [-0.05, 0) is 31.6 Å². The number of amides is 1. The van der Waals surface area contributed by atoms with E-state index in [2.05, 4.69) is 15.6 Å². The Morgan fingerprint density at radius 2 is 2.06 bits per heavy atom. The fraction of sp³-hybridized carbons (Fsp3) is 0.769. The summed E-state index contributed by atoms with van der Waals surface area (Å²) >= 11 is 0. The number of hydrogen-bond donors (Lipinski definition) is 1. The molecule has 0 radical (unpaired) electrons. The Morgan fingerprint density at radius 1 is 1.28 bits per heavy atom. The topological polar surface area (TPSA) is 59.8 Å². The molecule has 2 saturated carbocycles. The van der Waals surface area contributed by atoms with Gasteiger partial charge in [0.15, 0.2) is 5.69 Å². The second kappa shape index (κ2) is 5.08. The predicted octanol–water partition coefficient (Wildman–Crippen LogP) is 1.92. The van der Waals surface area contributed by atoms with Gasteiger partial charge in [-0.1, -0.05) is 24.5 Å². The SMILES string of the molecule is O=C(NCC1CC1)c1cn(C2CCCCC2)nn1. The van der Waals surface area contributed by atoms with Crippen molar-refractivity contribution in [1.29, 1.82) is 0 Å². The first-order chi connectivity index (χ1) is 8.83. The van der Waals surface area contributed by atoms with E-state index in [0.29, 0.717) is 17.7 Å². The number of carbonyl (C=O) groups excluding carboxylic acids is 1. The van der Waals surface area contributed by atoms with Crippen LogP contribution in [-0.4, -0.2) is 27.4 Å². The second-order valence-electron chi connectivity index (χ2n) is 5.53. The quantitative estimate of drug-likeness (QED) is 0.885. The van der Waals surface area contributed by atoms with Gasteiger partial charge in [-0.25, -0.2) is 4.68 Å². The van der Waals surface area contributed by atoms with E-state index in [1.807, 2.05) is 4.68 Å². The van der Waals surface area contributed by atoms with Crippen LogP contribution in [0.5, 0.6) is 0 Å². The third-order valence-electron chi connectivity index (χ3n) is 3.94. The minimum absolute atomic E-state index is 0.0797. The lowest BCUT2D eigenvalue weighted by Crippen LogP contribution is -2.25. The number of carbonyl (C=O) groups is 1. The van der Waals surface area contributed by atoms with Gasteiger partial charge < -0.3 is 5.32 Å². The molecule has 18 heavy (non-hydrogen) atoms. The Balaban J connectivity index is 1.58. The molecule has 1 heterocycles. The maximum Gasteiger partial charge on any atom is 0.273 e. The van der Waals surface area contributed by atoms with Crippen molar-refractivity contribution in [2.75, 3.05) is 6.54 Å². The monoisotopic (exact) mass is 248 g/mol. The number of rotatable bonds is 4. The maximum absolute atomic E-state index is 11.8. The van der Waals surface area contributed by atoms with Gasteiger partial charge in [0.2, 0.25) is 0 Å². The summed E-state index contributed by atoms with van der Waals surface area (Å²) in [6, 6.07) is 0.441. The molecule has 1 aromatic rings. The van der Waals surface area contributed by atoms with Gasteiger partial charge in [-0.2, -0.15) is 0 Å². The van der Waals surface area contributed by atoms with E-state index in [-0.39, 0.29) is 5.91 Å². The standard InChI is InChI=1S/C13H20N4O/c18-13(14-8-10-6-7-10)12-9-17(16-15-12)11-4-2-1-3-5-11/h9-11H,1-8H2,(H,14,18). The Labute approximate surface area is 107 Å². The highest BCUT2D eigenvalue weighted by atomic mass is 16.2. The van der Waals surface area contributed by atoms with Gasteiger partial charge in [0, 0.05) is 6.54 Å². The summed E-state index contributed by atoms with van der Waals surface area (Å²) in [5, 5.41) is 11.0. The molecule has 98 valence electrons. The highest BCUT2D eigenvalue weighted by Crippen LogP contribution is 2.28. The van der Waals surface area contributed by atoms with Gasteiger partial charge in [0.1, 0.15) is 0 Å². The minimum atomic E-state index is -0.0797. The molecule has 0 aromatic carbocycles. The summed E-state index contributed by atoms with van der Waals surface area (Å²) in [5.74, 6) is 0.617. The van der Waals surface area contributed by atoms with Gasteiger partial charge in [0.05, 0.1) is 12.2 Å². The lowest BCUT2D eigenvalue weighted by atomic mass is 9.96. The molecule has 1 N–H and O–H groups in total. The van der Waals surface area contributed by atoms with Crippen molar-refractivity contribution in [3.8, 4) is 0 Å². The smallest absolute Gasteiger partial charge is 0.273 e. The van der Waals surface area contributed by atoms with Crippen molar-refractivity contribution in [3.05, 3.63) is 11.9 Å². The minimum Gasteiger partial charge on any atom is -0.350 e. The lowest BCUT2D eigenvalue weighted by molar-refractivity contribution is 0.0946. The first-order valence-corrected chi connectivity index (χ1v) is 7.03. The maximum atomic E-state index is 11.8. The summed E-state index contributed by atoms with van der Waals surface area (Å²) in [6.45, 7) is 0.787. The van der Waals surface area contributed by atoms with Crippen LogP contribution >= 0.6 is 0 Å². The summed E-state index contributed by atoms with van der Waals surface area (Å²) in [5.41, 5.74) is 0.459. The first kappa shape index (κ1) is 11.7. The molecule has 1 aromatic heterocycles. The van der Waals surface area contributed by atoms with E-state index >= 15 is 0 Å². The van der Waals surface area contributed by atoms with E-state index in [1.165, 1.54) is 32.1 Å². The van der Waals surface area contributed by atoms with E-state index < -0.39 is 0 Å². The third kappa shape index (κ3) is 2.71. The van der Waals surface area contributed by atoms with Gasteiger partial charge in [0.25, 0.3) is 5.91 Å². The van der Waals surface area contributed by atoms with Crippen LogP contribution in [0.15, 0.2) is 6.20 Å². The zero-order valence-corrected chi connectivity index (χ0v) is 10.6. The number of nitrogens with zero attached hydrogens (tertiary/aromatic N) is 3. The van der Waals surface area contributed by atoms with E-state index in [1.54, 1.807) is 6.20 Å². The van der Waals surface area contributed by atoms with Gasteiger partial charge >= 0.3 is 0 Å². The Hall–Kier alpha value is -1.39. The van der Waals surface area contributed by atoms with E-state index in [9.17, 15) is 4.79 Å². The van der Waals surface area contributed by atoms with Crippen LogP contribution in [-0.2, 0) is 0 Å². The average molecular weight is 248 g/mol. The van der Waals surface area contributed by atoms with Crippen molar-refractivity contribution >= 4 is 5.91 Å². The molecular weight excluding hydrogens is 228 g/mol. The molecule has 2 aliphatic carbocycles. The predicted molar refractivity (Wildman–Crippen MR) is 67.2 cm³/mol. The van der Waals surface area contributed by atoms with E-state index in [0.717, 1.165) is 19.4 Å². The van der Waals surface area contributed by atoms with Crippen LogP contribution in [0.25, 0.3) is 0 Å². The van der Waals surface area contributed by atoms with Crippen molar-refractivity contribution in [2.45, 2.75) is 51.0 Å². The highest BCUT2D eigenvalue weighted by molar-refractivity contribution is 5.91. The Bertz CT molecular complexity index is 418. The summed E-state index contributed by atoms with van der Waals surface area (Å²) < 4.78 is 1.88. The van der Waals surface area contributed by atoms with Gasteiger partial charge in [-0.3, -0.25) is 4.79 Å². The molecule has 1 amide bonds. The fourth-order valence-corrected chi connectivity index (χ4v) is 2.55. The molecule has 0 unspecified atom stereocenters. The molecule has 2 aliphatic rings. The third-order valence-corrected chi connectivity index (χ3v) is 3.94. The highest BCUT2D eigenvalue weighted by Gasteiger charge is 2.23. The normalized spacial score (nSPS) is 20.9.